The quantitative estimate of drug-likeness (QED) is 0.665. The van der Waals surface area contributed by atoms with Gasteiger partial charge in [0.05, 0.1) is 19.9 Å². The number of fused-ring (bicyclic) bond motifs is 1. The van der Waals surface area contributed by atoms with Crippen molar-refractivity contribution in [2.24, 2.45) is 4.99 Å². The van der Waals surface area contributed by atoms with E-state index in [1.54, 1.807) is 14.2 Å². The van der Waals surface area contributed by atoms with Gasteiger partial charge in [-0.15, -0.1) is 0 Å². The third kappa shape index (κ3) is 3.43. The van der Waals surface area contributed by atoms with Crippen LogP contribution in [0.15, 0.2) is 65.4 Å². The number of allylic oxidation sites excluding steroid dienone is 1. The van der Waals surface area contributed by atoms with Crippen molar-refractivity contribution >= 4 is 22.6 Å². The maximum atomic E-state index is 5.56. The number of ether oxygens (including phenoxy) is 2. The Labute approximate surface area is 159 Å². The Balaban J connectivity index is 1.82. The van der Waals surface area contributed by atoms with Crippen molar-refractivity contribution in [2.75, 3.05) is 20.8 Å². The van der Waals surface area contributed by atoms with Gasteiger partial charge in [-0.3, -0.25) is 9.98 Å². The van der Waals surface area contributed by atoms with Crippen LogP contribution < -0.4 is 9.47 Å². The topological polar surface area (TPSA) is 43.7 Å². The molecule has 27 heavy (non-hydrogen) atoms. The van der Waals surface area contributed by atoms with Crippen LogP contribution in [0, 0.1) is 0 Å². The fourth-order valence-electron chi connectivity index (χ4n) is 3.51. The molecule has 0 radical (unpaired) electrons. The van der Waals surface area contributed by atoms with Gasteiger partial charge >= 0.3 is 0 Å². The van der Waals surface area contributed by atoms with Gasteiger partial charge in [-0.25, -0.2) is 0 Å². The summed E-state index contributed by atoms with van der Waals surface area (Å²) in [5.74, 6) is 1.58. The minimum atomic E-state index is 0.782. The summed E-state index contributed by atoms with van der Waals surface area (Å²) in [6.45, 7) is 0.843. The smallest absolute Gasteiger partial charge is 0.129 e. The number of pyridine rings is 1. The van der Waals surface area contributed by atoms with E-state index < -0.39 is 0 Å². The van der Waals surface area contributed by atoms with E-state index in [2.05, 4.69) is 29.3 Å². The van der Waals surface area contributed by atoms with Crippen LogP contribution in [0.1, 0.15) is 24.0 Å². The van der Waals surface area contributed by atoms with E-state index in [4.69, 9.17) is 14.5 Å². The van der Waals surface area contributed by atoms with Gasteiger partial charge in [-0.2, -0.15) is 0 Å². The molecule has 0 fully saturated rings. The number of hydrogen-bond acceptors (Lipinski definition) is 4. The molecule has 0 unspecified atom stereocenters. The molecule has 0 bridgehead atoms. The number of methoxy groups -OCH3 is 2. The van der Waals surface area contributed by atoms with E-state index in [0.29, 0.717) is 0 Å². The standard InChI is InChI=1S/C23H22N2O2/c1-26-19-10-9-16(22(13-19)27-2)12-17-7-5-11-25-23(17)21-15-24-14-18-6-3-4-8-20(18)21/h3-4,6,8-10,12-15H,5,7,11H2,1-2H3/b17-12+. The Hall–Kier alpha value is -3.14. The van der Waals surface area contributed by atoms with Gasteiger partial charge in [0, 0.05) is 41.5 Å². The SMILES string of the molecule is COc1ccc(/C=C2\CCCN=C2c2cncc3ccccc23)c(OC)c1. The molecule has 0 N–H and O–H groups in total. The number of aliphatic imine (C=N–C) groups is 1. The summed E-state index contributed by atoms with van der Waals surface area (Å²) in [7, 11) is 3.34. The zero-order valence-electron chi connectivity index (χ0n) is 15.6. The van der Waals surface area contributed by atoms with Crippen molar-refractivity contribution in [1.82, 2.24) is 4.98 Å². The molecule has 4 nitrogen and oxygen atoms in total. The molecule has 2 aromatic carbocycles. The van der Waals surface area contributed by atoms with Crippen LogP contribution >= 0.6 is 0 Å². The molecule has 0 atom stereocenters. The van der Waals surface area contributed by atoms with Crippen molar-refractivity contribution in [2.45, 2.75) is 12.8 Å². The molecule has 2 heterocycles. The highest BCUT2D eigenvalue weighted by Gasteiger charge is 2.17. The Bertz CT molecular complexity index is 1030. The first-order chi connectivity index (χ1) is 13.3. The van der Waals surface area contributed by atoms with Crippen LogP contribution in [-0.2, 0) is 0 Å². The molecular weight excluding hydrogens is 336 g/mol. The van der Waals surface area contributed by atoms with Crippen molar-refractivity contribution in [3.05, 3.63) is 71.6 Å². The average molecular weight is 358 g/mol. The summed E-state index contributed by atoms with van der Waals surface area (Å²) in [6, 6.07) is 14.2. The van der Waals surface area contributed by atoms with Crippen LogP contribution in [0.25, 0.3) is 16.8 Å². The van der Waals surface area contributed by atoms with Crippen LogP contribution in [0.4, 0.5) is 0 Å². The Morgan fingerprint density at radius 2 is 1.89 bits per heavy atom. The molecule has 4 heteroatoms. The third-order valence-corrected chi connectivity index (χ3v) is 4.87. The predicted molar refractivity (Wildman–Crippen MR) is 110 cm³/mol. The van der Waals surface area contributed by atoms with Crippen LogP contribution in [0.3, 0.4) is 0 Å². The normalized spacial score (nSPS) is 15.6. The predicted octanol–water partition coefficient (Wildman–Crippen LogP) is 4.92. The van der Waals surface area contributed by atoms with E-state index in [1.165, 1.54) is 11.0 Å². The second kappa shape index (κ2) is 7.62. The lowest BCUT2D eigenvalue weighted by Crippen LogP contribution is -2.12. The van der Waals surface area contributed by atoms with Crippen LogP contribution in [-0.4, -0.2) is 31.5 Å². The number of hydrogen-bond donors (Lipinski definition) is 0. The number of aromatic nitrogens is 1. The molecule has 0 aliphatic carbocycles. The van der Waals surface area contributed by atoms with Crippen molar-refractivity contribution in [1.29, 1.82) is 0 Å². The maximum Gasteiger partial charge on any atom is 0.129 e. The molecule has 0 amide bonds. The van der Waals surface area contributed by atoms with E-state index in [-0.39, 0.29) is 0 Å². The van der Waals surface area contributed by atoms with Gasteiger partial charge < -0.3 is 9.47 Å². The molecule has 3 aromatic rings. The van der Waals surface area contributed by atoms with Crippen LogP contribution in [0.5, 0.6) is 11.5 Å². The first kappa shape index (κ1) is 17.3. The van der Waals surface area contributed by atoms with Gasteiger partial charge in [0.15, 0.2) is 0 Å². The van der Waals surface area contributed by atoms with Gasteiger partial charge in [0.25, 0.3) is 0 Å². The first-order valence-electron chi connectivity index (χ1n) is 9.10. The lowest BCUT2D eigenvalue weighted by Gasteiger charge is -2.18. The lowest BCUT2D eigenvalue weighted by molar-refractivity contribution is 0.393. The Morgan fingerprint density at radius 1 is 1.00 bits per heavy atom. The monoisotopic (exact) mass is 358 g/mol. The maximum absolute atomic E-state index is 5.56. The Morgan fingerprint density at radius 3 is 2.74 bits per heavy atom. The molecule has 4 rings (SSSR count). The van der Waals surface area contributed by atoms with E-state index in [9.17, 15) is 0 Å². The second-order valence-electron chi connectivity index (χ2n) is 6.52. The minimum Gasteiger partial charge on any atom is -0.497 e. The molecular formula is C23H22N2O2. The number of benzene rings is 2. The summed E-state index contributed by atoms with van der Waals surface area (Å²) < 4.78 is 10.9. The molecule has 0 saturated heterocycles. The highest BCUT2D eigenvalue weighted by Crippen LogP contribution is 2.30. The van der Waals surface area contributed by atoms with E-state index in [0.717, 1.165) is 53.1 Å². The average Bonchev–Trinajstić information content (AvgIpc) is 2.74. The Kier molecular flexibility index (Phi) is 4.88. The largest absolute Gasteiger partial charge is 0.497 e. The summed E-state index contributed by atoms with van der Waals surface area (Å²) in [5, 5.41) is 2.31. The minimum absolute atomic E-state index is 0.782. The van der Waals surface area contributed by atoms with Gasteiger partial charge in [0.1, 0.15) is 11.5 Å². The lowest BCUT2D eigenvalue weighted by atomic mass is 9.92. The van der Waals surface area contributed by atoms with Gasteiger partial charge in [-0.1, -0.05) is 24.3 Å². The molecule has 1 aromatic heterocycles. The number of nitrogens with zero attached hydrogens (tertiary/aromatic N) is 2. The second-order valence-corrected chi connectivity index (χ2v) is 6.52. The fourth-order valence-corrected chi connectivity index (χ4v) is 3.51. The highest BCUT2D eigenvalue weighted by molar-refractivity contribution is 6.21. The summed E-state index contributed by atoms with van der Waals surface area (Å²) in [5.41, 5.74) is 4.36. The zero-order chi connectivity index (χ0) is 18.6. The molecule has 136 valence electrons. The van der Waals surface area contributed by atoms with Crippen molar-refractivity contribution in [3.8, 4) is 11.5 Å². The van der Waals surface area contributed by atoms with Crippen LogP contribution in [0.2, 0.25) is 0 Å². The summed E-state index contributed by atoms with van der Waals surface area (Å²) >= 11 is 0. The molecule has 0 spiro atoms. The third-order valence-electron chi connectivity index (χ3n) is 4.87. The molecule has 1 aliphatic heterocycles. The highest BCUT2D eigenvalue weighted by atomic mass is 16.5. The fraction of sp³-hybridized carbons (Fsp3) is 0.217. The van der Waals surface area contributed by atoms with Gasteiger partial charge in [0.2, 0.25) is 0 Å². The number of rotatable bonds is 4. The summed E-state index contributed by atoms with van der Waals surface area (Å²) in [6.07, 6.45) is 8.03. The van der Waals surface area contributed by atoms with E-state index >= 15 is 0 Å². The van der Waals surface area contributed by atoms with Crippen molar-refractivity contribution in [3.63, 3.8) is 0 Å². The first-order valence-corrected chi connectivity index (χ1v) is 9.10. The summed E-state index contributed by atoms with van der Waals surface area (Å²) in [4.78, 5) is 9.30. The van der Waals surface area contributed by atoms with E-state index in [1.807, 2.05) is 36.7 Å². The van der Waals surface area contributed by atoms with Gasteiger partial charge in [-0.05, 0) is 42.0 Å². The zero-order valence-corrected chi connectivity index (χ0v) is 15.6. The molecule has 1 aliphatic rings. The molecule has 0 saturated carbocycles. The van der Waals surface area contributed by atoms with Crippen molar-refractivity contribution < 1.29 is 9.47 Å².